The molecular formula is C13H18ClN3O3. The van der Waals surface area contributed by atoms with Gasteiger partial charge < -0.3 is 21.0 Å². The van der Waals surface area contributed by atoms with Crippen LogP contribution in [0.5, 0.6) is 0 Å². The molecule has 0 atom stereocenters. The molecule has 0 aromatic heterocycles. The summed E-state index contributed by atoms with van der Waals surface area (Å²) in [7, 11) is 1.54. The lowest BCUT2D eigenvalue weighted by Crippen LogP contribution is -2.29. The van der Waals surface area contributed by atoms with Gasteiger partial charge in [0.25, 0.3) is 0 Å². The van der Waals surface area contributed by atoms with Gasteiger partial charge in [-0.05, 0) is 32.0 Å². The summed E-state index contributed by atoms with van der Waals surface area (Å²) in [6.07, 6.45) is 0.174. The van der Waals surface area contributed by atoms with Gasteiger partial charge in [-0.25, -0.2) is 0 Å². The van der Waals surface area contributed by atoms with Crippen LogP contribution in [-0.4, -0.2) is 29.7 Å². The third-order valence-corrected chi connectivity index (χ3v) is 3.11. The molecule has 20 heavy (non-hydrogen) atoms. The van der Waals surface area contributed by atoms with Gasteiger partial charge in [0.2, 0.25) is 5.91 Å². The van der Waals surface area contributed by atoms with E-state index in [2.05, 4.69) is 10.5 Å². The van der Waals surface area contributed by atoms with E-state index in [0.717, 1.165) is 0 Å². The molecule has 0 spiro atoms. The highest BCUT2D eigenvalue weighted by Crippen LogP contribution is 2.24. The molecule has 1 aromatic carbocycles. The van der Waals surface area contributed by atoms with E-state index in [1.807, 2.05) is 0 Å². The van der Waals surface area contributed by atoms with Crippen LogP contribution in [0.1, 0.15) is 25.8 Å². The molecule has 0 aliphatic rings. The van der Waals surface area contributed by atoms with Crippen LogP contribution in [0.4, 0.5) is 5.69 Å². The molecule has 0 bridgehead atoms. The molecule has 0 fully saturated rings. The van der Waals surface area contributed by atoms with Crippen molar-refractivity contribution in [1.82, 2.24) is 0 Å². The Labute approximate surface area is 122 Å². The Hall–Kier alpha value is -1.79. The van der Waals surface area contributed by atoms with Gasteiger partial charge in [-0.15, -0.1) is 0 Å². The van der Waals surface area contributed by atoms with Gasteiger partial charge >= 0.3 is 0 Å². The monoisotopic (exact) mass is 299 g/mol. The molecule has 110 valence electrons. The first-order valence-corrected chi connectivity index (χ1v) is 6.29. The third-order valence-electron chi connectivity index (χ3n) is 2.78. The minimum atomic E-state index is -0.570. The minimum absolute atomic E-state index is 0.0608. The molecule has 1 rings (SSSR count). The minimum Gasteiger partial charge on any atom is -0.409 e. The number of methoxy groups -OCH3 is 1. The molecule has 0 unspecified atom stereocenters. The van der Waals surface area contributed by atoms with Crippen molar-refractivity contribution in [3.63, 3.8) is 0 Å². The zero-order chi connectivity index (χ0) is 15.3. The molecule has 0 saturated heterocycles. The fraction of sp³-hybridized carbons (Fsp3) is 0.385. The van der Waals surface area contributed by atoms with Crippen molar-refractivity contribution >= 4 is 29.0 Å². The topological polar surface area (TPSA) is 96.9 Å². The third kappa shape index (κ3) is 4.40. The Balaban J connectivity index is 2.89. The molecule has 1 amide bonds. The number of rotatable bonds is 5. The number of nitrogens with zero attached hydrogens (tertiary/aromatic N) is 1. The Morgan fingerprint density at radius 1 is 1.55 bits per heavy atom. The van der Waals surface area contributed by atoms with Crippen LogP contribution in [-0.2, 0) is 9.53 Å². The summed E-state index contributed by atoms with van der Waals surface area (Å²) in [6, 6.07) is 4.69. The Bertz CT molecular complexity index is 530. The van der Waals surface area contributed by atoms with E-state index in [1.54, 1.807) is 33.1 Å². The number of nitrogens with two attached hydrogens (primary N) is 1. The summed E-state index contributed by atoms with van der Waals surface area (Å²) in [6.45, 7) is 3.61. The van der Waals surface area contributed by atoms with Gasteiger partial charge in [0.05, 0.1) is 22.7 Å². The Kier molecular flexibility index (Phi) is 5.35. The van der Waals surface area contributed by atoms with Gasteiger partial charge in [0.15, 0.2) is 5.84 Å². The van der Waals surface area contributed by atoms with Gasteiger partial charge in [0, 0.05) is 12.7 Å². The first-order chi connectivity index (χ1) is 9.29. The summed E-state index contributed by atoms with van der Waals surface area (Å²) in [5, 5.41) is 14.6. The first kappa shape index (κ1) is 16.3. The molecule has 0 aliphatic heterocycles. The SMILES string of the molecule is COC(C)(C)CC(=O)Nc1cc(/C(N)=N/O)ccc1Cl. The van der Waals surface area contributed by atoms with Crippen LogP contribution >= 0.6 is 11.6 Å². The van der Waals surface area contributed by atoms with Crippen molar-refractivity contribution in [2.24, 2.45) is 10.9 Å². The number of amides is 1. The Morgan fingerprint density at radius 2 is 2.20 bits per heavy atom. The van der Waals surface area contributed by atoms with Crippen LogP contribution < -0.4 is 11.1 Å². The number of benzene rings is 1. The number of amidine groups is 1. The van der Waals surface area contributed by atoms with Crippen molar-refractivity contribution < 1.29 is 14.7 Å². The van der Waals surface area contributed by atoms with Crippen LogP contribution in [0.25, 0.3) is 0 Å². The summed E-state index contributed by atoms with van der Waals surface area (Å²) >= 11 is 6.00. The number of hydrogen-bond acceptors (Lipinski definition) is 4. The lowest BCUT2D eigenvalue weighted by molar-refractivity contribution is -0.121. The van der Waals surface area contributed by atoms with Crippen molar-refractivity contribution in [3.8, 4) is 0 Å². The largest absolute Gasteiger partial charge is 0.409 e. The number of nitrogens with one attached hydrogen (secondary N) is 1. The van der Waals surface area contributed by atoms with Gasteiger partial charge in [-0.2, -0.15) is 0 Å². The highest BCUT2D eigenvalue weighted by molar-refractivity contribution is 6.33. The standard InChI is InChI=1S/C13H18ClN3O3/c1-13(2,20-3)7-11(18)16-10-6-8(12(15)17-19)4-5-9(10)14/h4-6,19H,7H2,1-3H3,(H2,15,17)(H,16,18). The number of anilines is 1. The highest BCUT2D eigenvalue weighted by Gasteiger charge is 2.21. The summed E-state index contributed by atoms with van der Waals surface area (Å²) in [5.41, 5.74) is 5.77. The first-order valence-electron chi connectivity index (χ1n) is 5.91. The molecule has 0 saturated carbocycles. The van der Waals surface area contributed by atoms with Crippen LogP contribution in [0.3, 0.4) is 0 Å². The maximum absolute atomic E-state index is 11.9. The Morgan fingerprint density at radius 3 is 2.75 bits per heavy atom. The van der Waals surface area contributed by atoms with E-state index < -0.39 is 5.60 Å². The van der Waals surface area contributed by atoms with Crippen molar-refractivity contribution in [1.29, 1.82) is 0 Å². The predicted octanol–water partition coefficient (Wildman–Crippen LogP) is 2.19. The van der Waals surface area contributed by atoms with E-state index in [0.29, 0.717) is 16.3 Å². The van der Waals surface area contributed by atoms with Crippen molar-refractivity contribution in [2.45, 2.75) is 25.9 Å². The number of oxime groups is 1. The lowest BCUT2D eigenvalue weighted by atomic mass is 10.0. The molecule has 6 nitrogen and oxygen atoms in total. The fourth-order valence-corrected chi connectivity index (χ4v) is 1.66. The predicted molar refractivity (Wildman–Crippen MR) is 78.3 cm³/mol. The van der Waals surface area contributed by atoms with Gasteiger partial charge in [-0.3, -0.25) is 4.79 Å². The molecule has 0 aliphatic carbocycles. The van der Waals surface area contributed by atoms with Crippen LogP contribution in [0.15, 0.2) is 23.4 Å². The molecular weight excluding hydrogens is 282 g/mol. The second kappa shape index (κ2) is 6.58. The zero-order valence-electron chi connectivity index (χ0n) is 11.6. The summed E-state index contributed by atoms with van der Waals surface area (Å²) in [4.78, 5) is 11.9. The smallest absolute Gasteiger partial charge is 0.227 e. The lowest BCUT2D eigenvalue weighted by Gasteiger charge is -2.22. The van der Waals surface area contributed by atoms with Crippen LogP contribution in [0, 0.1) is 0 Å². The van der Waals surface area contributed by atoms with E-state index in [4.69, 9.17) is 27.3 Å². The average molecular weight is 300 g/mol. The van der Waals surface area contributed by atoms with E-state index in [9.17, 15) is 4.79 Å². The normalized spacial score (nSPS) is 12.3. The number of halogens is 1. The highest BCUT2D eigenvalue weighted by atomic mass is 35.5. The average Bonchev–Trinajstić information content (AvgIpc) is 2.39. The number of hydrogen-bond donors (Lipinski definition) is 3. The number of ether oxygens (including phenoxy) is 1. The zero-order valence-corrected chi connectivity index (χ0v) is 12.4. The van der Waals surface area contributed by atoms with E-state index >= 15 is 0 Å². The van der Waals surface area contributed by atoms with E-state index in [-0.39, 0.29) is 18.2 Å². The number of carbonyl (C=O) groups excluding carboxylic acids is 1. The molecule has 4 N–H and O–H groups in total. The van der Waals surface area contributed by atoms with E-state index in [1.165, 1.54) is 6.07 Å². The van der Waals surface area contributed by atoms with Gasteiger partial charge in [-0.1, -0.05) is 16.8 Å². The van der Waals surface area contributed by atoms with Crippen molar-refractivity contribution in [3.05, 3.63) is 28.8 Å². The van der Waals surface area contributed by atoms with Crippen LogP contribution in [0.2, 0.25) is 5.02 Å². The summed E-state index contributed by atoms with van der Waals surface area (Å²) < 4.78 is 5.19. The second-order valence-electron chi connectivity index (χ2n) is 4.87. The number of carbonyl (C=O) groups is 1. The second-order valence-corrected chi connectivity index (χ2v) is 5.28. The quantitative estimate of drug-likeness (QED) is 0.336. The van der Waals surface area contributed by atoms with Gasteiger partial charge in [0.1, 0.15) is 0 Å². The van der Waals surface area contributed by atoms with Crippen molar-refractivity contribution in [2.75, 3.05) is 12.4 Å². The molecule has 0 heterocycles. The molecule has 1 aromatic rings. The maximum atomic E-state index is 11.9. The fourth-order valence-electron chi connectivity index (χ4n) is 1.49. The maximum Gasteiger partial charge on any atom is 0.227 e. The molecule has 7 heteroatoms. The summed E-state index contributed by atoms with van der Waals surface area (Å²) in [5.74, 6) is -0.301. The molecule has 0 radical (unpaired) electrons.